The van der Waals surface area contributed by atoms with Crippen molar-refractivity contribution >= 4 is 17.4 Å². The van der Waals surface area contributed by atoms with Crippen LogP contribution in [0.4, 0.5) is 5.69 Å². The molecule has 0 bridgehead atoms. The van der Waals surface area contributed by atoms with Crippen molar-refractivity contribution in [2.24, 2.45) is 0 Å². The lowest BCUT2D eigenvalue weighted by Gasteiger charge is -2.17. The summed E-state index contributed by atoms with van der Waals surface area (Å²) in [6.45, 7) is 6.84. The maximum atomic E-state index is 10.9. The first kappa shape index (κ1) is 15.0. The summed E-state index contributed by atoms with van der Waals surface area (Å²) in [6.07, 6.45) is 2.08. The van der Waals surface area contributed by atoms with E-state index in [1.807, 2.05) is 19.1 Å². The Morgan fingerprint density at radius 2 is 2.11 bits per heavy atom. The molecule has 1 aromatic carbocycles. The summed E-state index contributed by atoms with van der Waals surface area (Å²) in [5, 5.41) is 14.8. The second-order valence-electron chi connectivity index (χ2n) is 4.48. The highest BCUT2D eigenvalue weighted by Gasteiger charge is 2.14. The Bertz CT molecular complexity index is 423. The number of hydrogen-bond acceptors (Lipinski definition) is 4. The number of rotatable bonds is 6. The minimum absolute atomic E-state index is 0.124. The van der Waals surface area contributed by atoms with Crippen molar-refractivity contribution in [3.05, 3.63) is 39.4 Å². The molecule has 0 aliphatic rings. The van der Waals surface area contributed by atoms with Crippen LogP contribution in [0.15, 0.2) is 18.2 Å². The van der Waals surface area contributed by atoms with Gasteiger partial charge >= 0.3 is 0 Å². The summed E-state index contributed by atoms with van der Waals surface area (Å²) in [5.74, 6) is 0. The first-order valence-electron chi connectivity index (χ1n) is 5.96. The molecule has 1 N–H and O–H groups in total. The molecule has 2 unspecified atom stereocenters. The zero-order valence-electron chi connectivity index (χ0n) is 11.3. The fraction of sp³-hybridized carbons (Fsp3) is 0.538. The summed E-state index contributed by atoms with van der Waals surface area (Å²) in [6, 6.07) is 5.54. The Morgan fingerprint density at radius 1 is 1.44 bits per heavy atom. The highest BCUT2D eigenvalue weighted by atomic mass is 32.2. The predicted octanol–water partition coefficient (Wildman–Crippen LogP) is 3.31. The van der Waals surface area contributed by atoms with Gasteiger partial charge in [0.1, 0.15) is 0 Å². The van der Waals surface area contributed by atoms with Crippen LogP contribution in [0, 0.1) is 17.0 Å². The largest absolute Gasteiger partial charge is 0.309 e. The van der Waals surface area contributed by atoms with Crippen molar-refractivity contribution in [3.8, 4) is 0 Å². The summed E-state index contributed by atoms with van der Waals surface area (Å²) in [7, 11) is 0. The molecule has 0 fully saturated rings. The van der Waals surface area contributed by atoms with Crippen LogP contribution in [-0.2, 0) is 0 Å². The van der Waals surface area contributed by atoms with Gasteiger partial charge in [-0.05, 0) is 25.7 Å². The Balaban J connectivity index is 2.77. The molecule has 0 aliphatic carbocycles. The maximum absolute atomic E-state index is 10.9. The number of nitrogens with one attached hydrogen (secondary N) is 1. The molecule has 0 spiro atoms. The highest BCUT2D eigenvalue weighted by molar-refractivity contribution is 7.99. The van der Waals surface area contributed by atoms with Crippen molar-refractivity contribution in [3.63, 3.8) is 0 Å². The average Bonchev–Trinajstić information content (AvgIpc) is 2.35. The number of hydrogen-bond donors (Lipinski definition) is 1. The molecule has 100 valence electrons. The number of nitro benzene ring substituents is 1. The number of benzene rings is 1. The number of thioether (sulfide) groups is 1. The lowest BCUT2D eigenvalue weighted by Crippen LogP contribution is -2.25. The lowest BCUT2D eigenvalue weighted by molar-refractivity contribution is -0.385. The number of nitro groups is 1. The molecule has 4 nitrogen and oxygen atoms in total. The smallest absolute Gasteiger partial charge is 0.272 e. The molecular formula is C13H20N2O2S. The van der Waals surface area contributed by atoms with Crippen molar-refractivity contribution in [2.45, 2.75) is 32.1 Å². The molecule has 0 saturated heterocycles. The Labute approximate surface area is 112 Å². The minimum Gasteiger partial charge on any atom is -0.309 e. The van der Waals surface area contributed by atoms with E-state index in [0.717, 1.165) is 12.1 Å². The highest BCUT2D eigenvalue weighted by Crippen LogP contribution is 2.23. The molecule has 2 atom stereocenters. The van der Waals surface area contributed by atoms with E-state index in [9.17, 15) is 10.1 Å². The van der Waals surface area contributed by atoms with Gasteiger partial charge in [-0.2, -0.15) is 11.8 Å². The molecule has 5 heteroatoms. The van der Waals surface area contributed by atoms with Crippen LogP contribution in [0.5, 0.6) is 0 Å². The Morgan fingerprint density at radius 3 is 2.67 bits per heavy atom. The summed E-state index contributed by atoms with van der Waals surface area (Å²) < 4.78 is 0. The molecule has 0 heterocycles. The monoisotopic (exact) mass is 268 g/mol. The van der Waals surface area contributed by atoms with Gasteiger partial charge < -0.3 is 5.32 Å². The van der Waals surface area contributed by atoms with Crippen LogP contribution < -0.4 is 5.32 Å². The second kappa shape index (κ2) is 6.75. The first-order chi connectivity index (χ1) is 8.45. The molecule has 0 radical (unpaired) electrons. The van der Waals surface area contributed by atoms with Crippen LogP contribution in [0.3, 0.4) is 0 Å². The molecular weight excluding hydrogens is 248 g/mol. The summed E-state index contributed by atoms with van der Waals surface area (Å²) >= 11 is 1.80. The Hall–Kier alpha value is -1.07. The summed E-state index contributed by atoms with van der Waals surface area (Å²) in [5.41, 5.74) is 1.85. The number of nitrogens with zero attached hydrogens (tertiary/aromatic N) is 1. The van der Waals surface area contributed by atoms with E-state index in [1.165, 1.54) is 0 Å². The Kier molecular flexibility index (Phi) is 5.62. The second-order valence-corrected chi connectivity index (χ2v) is 5.76. The van der Waals surface area contributed by atoms with Crippen molar-refractivity contribution in [1.29, 1.82) is 0 Å². The van der Waals surface area contributed by atoms with Gasteiger partial charge in [0.15, 0.2) is 0 Å². The fourth-order valence-electron chi connectivity index (χ4n) is 1.64. The van der Waals surface area contributed by atoms with E-state index in [1.54, 1.807) is 24.8 Å². The van der Waals surface area contributed by atoms with Gasteiger partial charge in [-0.15, -0.1) is 0 Å². The average molecular weight is 268 g/mol. The van der Waals surface area contributed by atoms with Crippen LogP contribution >= 0.6 is 11.8 Å². The first-order valence-corrected chi connectivity index (χ1v) is 7.25. The fourth-order valence-corrected chi connectivity index (χ4v) is 1.90. The molecule has 0 aromatic heterocycles. The van der Waals surface area contributed by atoms with Crippen LogP contribution in [-0.4, -0.2) is 23.0 Å². The van der Waals surface area contributed by atoms with Crippen molar-refractivity contribution in [1.82, 2.24) is 5.32 Å². The molecule has 1 rings (SSSR count). The van der Waals surface area contributed by atoms with E-state index in [4.69, 9.17) is 0 Å². The molecule has 1 aromatic rings. The number of aryl methyl sites for hydroxylation is 1. The summed E-state index contributed by atoms with van der Waals surface area (Å²) in [4.78, 5) is 10.6. The van der Waals surface area contributed by atoms with Gasteiger partial charge in [0.2, 0.25) is 0 Å². The van der Waals surface area contributed by atoms with E-state index in [-0.39, 0.29) is 16.7 Å². The van der Waals surface area contributed by atoms with Gasteiger partial charge in [0.05, 0.1) is 4.92 Å². The van der Waals surface area contributed by atoms with E-state index in [0.29, 0.717) is 10.8 Å². The third-order valence-corrected chi connectivity index (χ3v) is 4.02. The third-order valence-electron chi connectivity index (χ3n) is 3.04. The topological polar surface area (TPSA) is 55.2 Å². The normalized spacial score (nSPS) is 14.2. The van der Waals surface area contributed by atoms with Gasteiger partial charge in [-0.1, -0.05) is 19.1 Å². The zero-order chi connectivity index (χ0) is 13.7. The quantitative estimate of drug-likeness (QED) is 0.635. The van der Waals surface area contributed by atoms with Crippen molar-refractivity contribution in [2.75, 3.05) is 12.8 Å². The standard InChI is InChI=1S/C13H20N2O2S/c1-9-5-6-12(7-13(9)15(16)17)11(3)14-8-10(2)18-4/h5-7,10-11,14H,8H2,1-4H3. The zero-order valence-corrected chi connectivity index (χ0v) is 12.1. The van der Waals surface area contributed by atoms with E-state index in [2.05, 4.69) is 18.5 Å². The van der Waals surface area contributed by atoms with Crippen molar-refractivity contribution < 1.29 is 4.92 Å². The van der Waals surface area contributed by atoms with Gasteiger partial charge in [-0.25, -0.2) is 0 Å². The van der Waals surface area contributed by atoms with Crippen LogP contribution in [0.2, 0.25) is 0 Å². The molecule has 0 amide bonds. The van der Waals surface area contributed by atoms with Crippen LogP contribution in [0.1, 0.15) is 31.0 Å². The minimum atomic E-state index is -0.323. The predicted molar refractivity (Wildman–Crippen MR) is 77.2 cm³/mol. The SMILES string of the molecule is CSC(C)CNC(C)c1ccc(C)c([N+](=O)[O-])c1. The lowest BCUT2D eigenvalue weighted by atomic mass is 10.0. The van der Waals surface area contributed by atoms with Gasteiger partial charge in [-0.3, -0.25) is 10.1 Å². The molecule has 18 heavy (non-hydrogen) atoms. The van der Waals surface area contributed by atoms with E-state index < -0.39 is 0 Å². The van der Waals surface area contributed by atoms with Gasteiger partial charge in [0, 0.05) is 29.5 Å². The van der Waals surface area contributed by atoms with Crippen LogP contribution in [0.25, 0.3) is 0 Å². The van der Waals surface area contributed by atoms with E-state index >= 15 is 0 Å². The molecule has 0 saturated carbocycles. The third kappa shape index (κ3) is 3.99. The van der Waals surface area contributed by atoms with Gasteiger partial charge in [0.25, 0.3) is 5.69 Å². The maximum Gasteiger partial charge on any atom is 0.272 e. The molecule has 0 aliphatic heterocycles.